The second kappa shape index (κ2) is 9.65. The quantitative estimate of drug-likeness (QED) is 0.673. The van der Waals surface area contributed by atoms with Crippen LogP contribution in [0.2, 0.25) is 5.15 Å². The van der Waals surface area contributed by atoms with Gasteiger partial charge in [0.05, 0.1) is 13.2 Å². The maximum atomic E-state index is 12.6. The van der Waals surface area contributed by atoms with Crippen molar-refractivity contribution in [1.82, 2.24) is 15.1 Å². The van der Waals surface area contributed by atoms with Gasteiger partial charge in [-0.1, -0.05) is 17.7 Å². The molecule has 0 spiro atoms. The lowest BCUT2D eigenvalue weighted by Gasteiger charge is -2.32. The molecule has 0 radical (unpaired) electrons. The first-order valence-corrected chi connectivity index (χ1v) is 11.1. The Morgan fingerprint density at radius 2 is 1.83 bits per heavy atom. The average Bonchev–Trinajstić information content (AvgIpc) is 3.28. The molecule has 0 bridgehead atoms. The van der Waals surface area contributed by atoms with E-state index in [1.807, 2.05) is 11.0 Å². The van der Waals surface area contributed by atoms with E-state index in [2.05, 4.69) is 22.3 Å². The van der Waals surface area contributed by atoms with Crippen LogP contribution in [0.15, 0.2) is 30.3 Å². The van der Waals surface area contributed by atoms with Crippen LogP contribution in [0.4, 0.5) is 0 Å². The molecule has 30 heavy (non-hydrogen) atoms. The Balaban J connectivity index is 1.34. The van der Waals surface area contributed by atoms with E-state index in [0.717, 1.165) is 56.7 Å². The monoisotopic (exact) mass is 429 g/mol. The molecule has 2 aliphatic rings. The predicted octanol–water partition coefficient (Wildman–Crippen LogP) is 4.55. The molecule has 2 aromatic rings. The molecule has 0 atom stereocenters. The number of aromatic nitrogens is 2. The van der Waals surface area contributed by atoms with Crippen molar-refractivity contribution in [1.29, 1.82) is 0 Å². The second-order valence-electron chi connectivity index (χ2n) is 8.19. The Hall–Kier alpha value is -2.34. The summed E-state index contributed by atoms with van der Waals surface area (Å²) in [6.07, 6.45) is 7.95. The van der Waals surface area contributed by atoms with Crippen LogP contribution >= 0.6 is 11.6 Å². The van der Waals surface area contributed by atoms with Crippen molar-refractivity contribution < 1.29 is 14.3 Å². The van der Waals surface area contributed by atoms with Crippen molar-refractivity contribution in [2.75, 3.05) is 20.2 Å². The number of hydrogen-bond donors (Lipinski definition) is 0. The Labute approximate surface area is 182 Å². The van der Waals surface area contributed by atoms with Gasteiger partial charge in [-0.05, 0) is 80.7 Å². The van der Waals surface area contributed by atoms with Gasteiger partial charge >= 0.3 is 0 Å². The molecule has 1 aromatic heterocycles. The number of rotatable bonds is 6. The van der Waals surface area contributed by atoms with Gasteiger partial charge in [-0.25, -0.2) is 0 Å². The van der Waals surface area contributed by atoms with E-state index in [1.165, 1.54) is 18.4 Å². The van der Waals surface area contributed by atoms with Gasteiger partial charge in [-0.2, -0.15) is 0 Å². The minimum Gasteiger partial charge on any atom is -0.493 e. The van der Waals surface area contributed by atoms with E-state index < -0.39 is 0 Å². The summed E-state index contributed by atoms with van der Waals surface area (Å²) in [6, 6.07) is 9.51. The Morgan fingerprint density at radius 1 is 1.07 bits per heavy atom. The summed E-state index contributed by atoms with van der Waals surface area (Å²) in [6.45, 7) is 1.46. The third kappa shape index (κ3) is 5.04. The van der Waals surface area contributed by atoms with Gasteiger partial charge in [0.15, 0.2) is 22.3 Å². The largest absolute Gasteiger partial charge is 0.493 e. The normalized spacial score (nSPS) is 17.9. The molecule has 160 valence electrons. The Bertz CT molecular complexity index is 860. The van der Waals surface area contributed by atoms with Crippen molar-refractivity contribution in [3.63, 3.8) is 0 Å². The van der Waals surface area contributed by atoms with E-state index in [-0.39, 0.29) is 5.91 Å². The van der Waals surface area contributed by atoms with Crippen LogP contribution in [0.3, 0.4) is 0 Å². The zero-order chi connectivity index (χ0) is 20.9. The fourth-order valence-corrected chi connectivity index (χ4v) is 4.49. The Kier molecular flexibility index (Phi) is 6.72. The molecular formula is C23H28ClN3O3. The average molecular weight is 430 g/mol. The number of hydrogen-bond acceptors (Lipinski definition) is 5. The van der Waals surface area contributed by atoms with Gasteiger partial charge in [-0.15, -0.1) is 10.2 Å². The van der Waals surface area contributed by atoms with Gasteiger partial charge in [0, 0.05) is 13.1 Å². The molecule has 0 unspecified atom stereocenters. The standard InChI is InChI=1S/C23H28ClN3O3/c1-29-20-8-6-17(15-21(20)30-18-4-2-3-5-18)14-16-10-12-27(13-11-16)23(28)19-7-9-22(24)26-25-19/h6-9,15-16,18H,2-5,10-14H2,1H3. The predicted molar refractivity (Wildman–Crippen MR) is 115 cm³/mol. The molecule has 1 aliphatic carbocycles. The lowest BCUT2D eigenvalue weighted by molar-refractivity contribution is 0.0683. The number of carbonyl (C=O) groups is 1. The molecule has 1 aromatic carbocycles. The fourth-order valence-electron chi connectivity index (χ4n) is 4.39. The first-order valence-electron chi connectivity index (χ1n) is 10.7. The molecular weight excluding hydrogens is 402 g/mol. The zero-order valence-electron chi connectivity index (χ0n) is 17.3. The number of piperidine rings is 1. The maximum absolute atomic E-state index is 12.6. The van der Waals surface area contributed by atoms with Gasteiger partial charge in [-0.3, -0.25) is 4.79 Å². The third-order valence-electron chi connectivity index (χ3n) is 6.10. The molecule has 2 fully saturated rings. The van der Waals surface area contributed by atoms with Crippen LogP contribution < -0.4 is 9.47 Å². The second-order valence-corrected chi connectivity index (χ2v) is 8.58. The molecule has 1 aliphatic heterocycles. The molecule has 7 heteroatoms. The number of halogens is 1. The van der Waals surface area contributed by atoms with Gasteiger partial charge in [0.2, 0.25) is 0 Å². The van der Waals surface area contributed by atoms with Crippen LogP contribution in [0.5, 0.6) is 11.5 Å². The topological polar surface area (TPSA) is 64.5 Å². The molecule has 2 heterocycles. The van der Waals surface area contributed by atoms with E-state index in [4.69, 9.17) is 21.1 Å². The molecule has 4 rings (SSSR count). The summed E-state index contributed by atoms with van der Waals surface area (Å²) in [4.78, 5) is 14.5. The molecule has 1 saturated carbocycles. The number of benzene rings is 1. The number of ether oxygens (including phenoxy) is 2. The van der Waals surface area contributed by atoms with Crippen LogP contribution in [0, 0.1) is 5.92 Å². The minimum atomic E-state index is -0.0747. The van der Waals surface area contributed by atoms with Crippen molar-refractivity contribution in [2.24, 2.45) is 5.92 Å². The van der Waals surface area contributed by atoms with Crippen molar-refractivity contribution in [3.05, 3.63) is 46.7 Å². The summed E-state index contributed by atoms with van der Waals surface area (Å²) in [5, 5.41) is 7.97. The lowest BCUT2D eigenvalue weighted by Crippen LogP contribution is -2.39. The van der Waals surface area contributed by atoms with Crippen LogP contribution in [0.1, 0.15) is 54.6 Å². The number of amides is 1. The number of likely N-dealkylation sites (tertiary alicyclic amines) is 1. The summed E-state index contributed by atoms with van der Waals surface area (Å²) in [7, 11) is 1.69. The van der Waals surface area contributed by atoms with Gasteiger partial charge < -0.3 is 14.4 Å². The smallest absolute Gasteiger partial charge is 0.274 e. The lowest BCUT2D eigenvalue weighted by atomic mass is 9.90. The van der Waals surface area contributed by atoms with Crippen molar-refractivity contribution >= 4 is 17.5 Å². The minimum absolute atomic E-state index is 0.0747. The number of methoxy groups -OCH3 is 1. The highest BCUT2D eigenvalue weighted by molar-refractivity contribution is 6.29. The SMILES string of the molecule is COc1ccc(CC2CCN(C(=O)c3ccc(Cl)nn3)CC2)cc1OC1CCCC1. The summed E-state index contributed by atoms with van der Waals surface area (Å²) in [5.74, 6) is 2.12. The first kappa shape index (κ1) is 20.9. The number of nitrogens with zero attached hydrogens (tertiary/aromatic N) is 3. The fraction of sp³-hybridized carbons (Fsp3) is 0.522. The highest BCUT2D eigenvalue weighted by Gasteiger charge is 2.25. The zero-order valence-corrected chi connectivity index (χ0v) is 18.1. The van der Waals surface area contributed by atoms with Gasteiger partial charge in [0.25, 0.3) is 5.91 Å². The van der Waals surface area contributed by atoms with E-state index >= 15 is 0 Å². The van der Waals surface area contributed by atoms with Gasteiger partial charge in [0.1, 0.15) is 0 Å². The summed E-state index contributed by atoms with van der Waals surface area (Å²) in [5.41, 5.74) is 1.61. The van der Waals surface area contributed by atoms with E-state index in [0.29, 0.717) is 22.9 Å². The highest BCUT2D eigenvalue weighted by atomic mass is 35.5. The molecule has 1 amide bonds. The number of carbonyl (C=O) groups excluding carboxylic acids is 1. The van der Waals surface area contributed by atoms with Crippen LogP contribution in [0.25, 0.3) is 0 Å². The summed E-state index contributed by atoms with van der Waals surface area (Å²) < 4.78 is 11.7. The van der Waals surface area contributed by atoms with E-state index in [9.17, 15) is 4.79 Å². The van der Waals surface area contributed by atoms with Crippen molar-refractivity contribution in [3.8, 4) is 11.5 Å². The Morgan fingerprint density at radius 3 is 2.50 bits per heavy atom. The highest BCUT2D eigenvalue weighted by Crippen LogP contribution is 2.34. The first-order chi connectivity index (χ1) is 14.6. The molecule has 6 nitrogen and oxygen atoms in total. The third-order valence-corrected chi connectivity index (χ3v) is 6.30. The molecule has 0 N–H and O–H groups in total. The van der Waals surface area contributed by atoms with Crippen LogP contribution in [-0.4, -0.2) is 47.3 Å². The van der Waals surface area contributed by atoms with Crippen LogP contribution in [-0.2, 0) is 6.42 Å². The van der Waals surface area contributed by atoms with E-state index in [1.54, 1.807) is 19.2 Å². The van der Waals surface area contributed by atoms with Crippen molar-refractivity contribution in [2.45, 2.75) is 51.0 Å². The summed E-state index contributed by atoms with van der Waals surface area (Å²) >= 11 is 5.76. The maximum Gasteiger partial charge on any atom is 0.274 e. The molecule has 1 saturated heterocycles.